The molecule has 0 aromatic heterocycles. The van der Waals surface area contributed by atoms with Crippen LogP contribution in [0.25, 0.3) is 0 Å². The zero-order chi connectivity index (χ0) is 24.1. The van der Waals surface area contributed by atoms with Gasteiger partial charge in [0.1, 0.15) is 0 Å². The number of nitrogens with zero attached hydrogens (tertiary/aromatic N) is 2. The molecule has 0 spiro atoms. The number of piperazine rings is 1. The molecule has 3 aliphatic rings. The van der Waals surface area contributed by atoms with Crippen LogP contribution in [0.5, 0.6) is 0 Å². The summed E-state index contributed by atoms with van der Waals surface area (Å²) in [7, 11) is 0. The highest BCUT2D eigenvalue weighted by molar-refractivity contribution is 6.33. The Morgan fingerprint density at radius 2 is 1.85 bits per heavy atom. The van der Waals surface area contributed by atoms with Crippen molar-refractivity contribution in [2.24, 2.45) is 29.4 Å². The molecule has 2 amide bonds. The lowest BCUT2D eigenvalue weighted by Crippen LogP contribution is -2.51. The van der Waals surface area contributed by atoms with Gasteiger partial charge >= 0.3 is 0 Å². The van der Waals surface area contributed by atoms with Crippen LogP contribution >= 0.6 is 11.6 Å². The topological polar surface area (TPSA) is 87.9 Å². The smallest absolute Gasteiger partial charge is 0.224 e. The molecule has 1 saturated heterocycles. The van der Waals surface area contributed by atoms with Gasteiger partial charge in [0.15, 0.2) is 0 Å². The minimum absolute atomic E-state index is 0.0757. The van der Waals surface area contributed by atoms with Crippen molar-refractivity contribution in [3.63, 3.8) is 0 Å². The van der Waals surface area contributed by atoms with Crippen LogP contribution in [0.15, 0.2) is 36.4 Å². The molecule has 2 fully saturated rings. The number of unbranched alkanes of at least 4 members (excludes halogenated alkanes) is 1. The van der Waals surface area contributed by atoms with Crippen molar-refractivity contribution in [1.82, 2.24) is 10.2 Å². The van der Waals surface area contributed by atoms with E-state index in [1.165, 1.54) is 0 Å². The van der Waals surface area contributed by atoms with E-state index in [2.05, 4.69) is 34.2 Å². The number of anilines is 1. The van der Waals surface area contributed by atoms with Crippen molar-refractivity contribution < 1.29 is 14.3 Å². The molecule has 1 heterocycles. The zero-order valence-electron chi connectivity index (χ0n) is 20.0. The van der Waals surface area contributed by atoms with Gasteiger partial charge in [-0.25, -0.2) is 0 Å². The number of fused-ring (bicyclic) bond motifs is 2. The highest BCUT2D eigenvalue weighted by Crippen LogP contribution is 2.47. The van der Waals surface area contributed by atoms with Gasteiger partial charge in [-0.15, -0.1) is 0 Å². The van der Waals surface area contributed by atoms with Crippen LogP contribution in [0.4, 0.5) is 5.69 Å². The van der Waals surface area contributed by atoms with E-state index in [4.69, 9.17) is 22.1 Å². The number of amides is 2. The van der Waals surface area contributed by atoms with Crippen molar-refractivity contribution in [3.05, 3.63) is 41.4 Å². The average Bonchev–Trinajstić information content (AvgIpc) is 3.45. The van der Waals surface area contributed by atoms with Gasteiger partial charge in [-0.05, 0) is 36.8 Å². The van der Waals surface area contributed by atoms with E-state index in [9.17, 15) is 9.59 Å². The average molecular weight is 489 g/mol. The van der Waals surface area contributed by atoms with Gasteiger partial charge in [0.2, 0.25) is 11.8 Å². The molecule has 2 aliphatic carbocycles. The minimum Gasteiger partial charge on any atom is -0.375 e. The number of carbonyl (C=O) groups is 2. The molecule has 1 aromatic rings. The molecule has 34 heavy (non-hydrogen) atoms. The van der Waals surface area contributed by atoms with E-state index < -0.39 is 5.92 Å². The van der Waals surface area contributed by atoms with Crippen molar-refractivity contribution in [2.75, 3.05) is 50.8 Å². The molecule has 1 aliphatic heterocycles. The number of primary amides is 1. The van der Waals surface area contributed by atoms with Crippen LogP contribution in [0.3, 0.4) is 0 Å². The molecule has 3 unspecified atom stereocenters. The first-order valence-electron chi connectivity index (χ1n) is 12.6. The lowest BCUT2D eigenvalue weighted by Gasteiger charge is -2.38. The Hall–Kier alpha value is -2.09. The Kier molecular flexibility index (Phi) is 8.51. The van der Waals surface area contributed by atoms with Gasteiger partial charge in [-0.3, -0.25) is 14.5 Å². The fourth-order valence-electron chi connectivity index (χ4n) is 5.64. The highest BCUT2D eigenvalue weighted by atomic mass is 35.5. The molecule has 2 bridgehead atoms. The summed E-state index contributed by atoms with van der Waals surface area (Å²) < 4.78 is 6.17. The molecular formula is C26H37ClN4O3. The fraction of sp³-hybridized carbons (Fsp3) is 0.615. The number of rotatable bonds is 11. The summed E-state index contributed by atoms with van der Waals surface area (Å²) in [6, 6.07) is 7.96. The van der Waals surface area contributed by atoms with Crippen LogP contribution in [-0.2, 0) is 14.3 Å². The number of benzene rings is 1. The quantitative estimate of drug-likeness (QED) is 0.369. The lowest BCUT2D eigenvalue weighted by atomic mass is 9.82. The second kappa shape index (κ2) is 11.6. The fourth-order valence-corrected chi connectivity index (χ4v) is 5.89. The Labute approximate surface area is 207 Å². The zero-order valence-corrected chi connectivity index (χ0v) is 20.8. The maximum Gasteiger partial charge on any atom is 0.224 e. The summed E-state index contributed by atoms with van der Waals surface area (Å²) in [4.78, 5) is 29.8. The number of hydrogen-bond donors (Lipinski definition) is 2. The third-order valence-corrected chi connectivity index (χ3v) is 7.79. The monoisotopic (exact) mass is 488 g/mol. The second-order valence-electron chi connectivity index (χ2n) is 9.73. The van der Waals surface area contributed by atoms with E-state index in [1.807, 2.05) is 24.3 Å². The molecule has 8 heteroatoms. The van der Waals surface area contributed by atoms with Gasteiger partial charge < -0.3 is 20.7 Å². The molecular weight excluding hydrogens is 452 g/mol. The Morgan fingerprint density at radius 3 is 2.53 bits per heavy atom. The van der Waals surface area contributed by atoms with E-state index in [-0.39, 0.29) is 35.7 Å². The number of ether oxygens (including phenoxy) is 1. The van der Waals surface area contributed by atoms with Crippen LogP contribution in [0.2, 0.25) is 5.02 Å². The highest BCUT2D eigenvalue weighted by Gasteiger charge is 2.50. The summed E-state index contributed by atoms with van der Waals surface area (Å²) in [5, 5.41) is 3.87. The maximum absolute atomic E-state index is 13.1. The summed E-state index contributed by atoms with van der Waals surface area (Å²) >= 11 is 6.38. The SMILES string of the molecule is CCCCOC(CNC(=O)C1C(C(N)=O)[C@@H]2C=C[C@H]1C2)CN1CCN(c2ccccc2Cl)CC1. The molecule has 1 saturated carbocycles. The largest absolute Gasteiger partial charge is 0.375 e. The van der Waals surface area contributed by atoms with Crippen molar-refractivity contribution in [1.29, 1.82) is 0 Å². The Morgan fingerprint density at radius 1 is 1.15 bits per heavy atom. The van der Waals surface area contributed by atoms with Gasteiger partial charge in [0.05, 0.1) is 28.6 Å². The summed E-state index contributed by atoms with van der Waals surface area (Å²) in [5.41, 5.74) is 6.72. The number of hydrogen-bond acceptors (Lipinski definition) is 5. The third kappa shape index (κ3) is 5.75. The van der Waals surface area contributed by atoms with E-state index >= 15 is 0 Å². The first-order valence-corrected chi connectivity index (χ1v) is 12.9. The first-order chi connectivity index (χ1) is 16.5. The van der Waals surface area contributed by atoms with Gasteiger partial charge in [0, 0.05) is 45.9 Å². The van der Waals surface area contributed by atoms with Gasteiger partial charge in [0.25, 0.3) is 0 Å². The van der Waals surface area contributed by atoms with Crippen molar-refractivity contribution >= 4 is 29.1 Å². The second-order valence-corrected chi connectivity index (χ2v) is 10.1. The summed E-state index contributed by atoms with van der Waals surface area (Å²) in [5.74, 6) is -0.989. The van der Waals surface area contributed by atoms with E-state index in [1.54, 1.807) is 0 Å². The Bertz CT molecular complexity index is 887. The third-order valence-electron chi connectivity index (χ3n) is 7.47. The minimum atomic E-state index is -0.396. The summed E-state index contributed by atoms with van der Waals surface area (Å²) in [6.45, 7) is 7.64. The van der Waals surface area contributed by atoms with Crippen LogP contribution in [0, 0.1) is 23.7 Å². The predicted octanol–water partition coefficient (Wildman–Crippen LogP) is 2.69. The number of para-hydroxylation sites is 1. The van der Waals surface area contributed by atoms with Gasteiger partial charge in [-0.2, -0.15) is 0 Å². The number of halogens is 1. The van der Waals surface area contributed by atoms with E-state index in [0.717, 1.165) is 62.7 Å². The molecule has 5 atom stereocenters. The number of nitrogens with two attached hydrogens (primary N) is 1. The standard InChI is InChI=1S/C26H37ClN4O3/c1-2-3-14-34-20(16-29-26(33)24-19-9-8-18(15-19)23(24)25(28)32)17-30-10-12-31(13-11-30)22-7-5-4-6-21(22)27/h4-9,18-20,23-24H,2-3,10-17H2,1H3,(H2,28,32)(H,29,33)/t18-,19+,20?,23?,24?/m1/s1. The number of allylic oxidation sites excluding steroid dienone is 2. The number of nitrogens with one attached hydrogen (secondary N) is 1. The normalized spacial score (nSPS) is 27.2. The van der Waals surface area contributed by atoms with Crippen LogP contribution in [-0.4, -0.2) is 68.7 Å². The summed E-state index contributed by atoms with van der Waals surface area (Å²) in [6.07, 6.45) is 6.92. The molecule has 4 rings (SSSR count). The maximum atomic E-state index is 13.1. The van der Waals surface area contributed by atoms with Crippen LogP contribution in [0.1, 0.15) is 26.2 Å². The predicted molar refractivity (Wildman–Crippen MR) is 135 cm³/mol. The Balaban J connectivity index is 1.30. The molecule has 7 nitrogen and oxygen atoms in total. The van der Waals surface area contributed by atoms with Crippen molar-refractivity contribution in [2.45, 2.75) is 32.3 Å². The molecule has 3 N–H and O–H groups in total. The van der Waals surface area contributed by atoms with E-state index in [0.29, 0.717) is 13.2 Å². The van der Waals surface area contributed by atoms with Gasteiger partial charge in [-0.1, -0.05) is 49.2 Å². The van der Waals surface area contributed by atoms with Crippen molar-refractivity contribution in [3.8, 4) is 0 Å². The lowest BCUT2D eigenvalue weighted by molar-refractivity contribution is -0.134. The molecule has 0 radical (unpaired) electrons. The molecule has 186 valence electrons. The number of carbonyl (C=O) groups excluding carboxylic acids is 2. The molecule has 1 aromatic carbocycles. The first kappa shape index (κ1) is 25.0. The van der Waals surface area contributed by atoms with Crippen LogP contribution < -0.4 is 16.0 Å².